The Balaban J connectivity index is 1.58. The van der Waals surface area contributed by atoms with E-state index in [4.69, 9.17) is 0 Å². The van der Waals surface area contributed by atoms with Gasteiger partial charge in [-0.25, -0.2) is 4.68 Å². The number of amides is 1. The molecule has 0 atom stereocenters. The molecule has 156 valence electrons. The fourth-order valence-corrected chi connectivity index (χ4v) is 3.58. The zero-order valence-electron chi connectivity index (χ0n) is 17.9. The van der Waals surface area contributed by atoms with E-state index in [0.29, 0.717) is 18.7 Å². The van der Waals surface area contributed by atoms with Gasteiger partial charge >= 0.3 is 0 Å². The van der Waals surface area contributed by atoms with Gasteiger partial charge in [0.15, 0.2) is 0 Å². The van der Waals surface area contributed by atoms with E-state index in [2.05, 4.69) is 41.3 Å². The fourth-order valence-electron chi connectivity index (χ4n) is 3.58. The molecule has 0 fully saturated rings. The van der Waals surface area contributed by atoms with Crippen LogP contribution in [0.1, 0.15) is 39.7 Å². The molecule has 5 nitrogen and oxygen atoms in total. The topological polar surface area (TPSA) is 51.0 Å². The van der Waals surface area contributed by atoms with Crippen molar-refractivity contribution in [2.75, 3.05) is 0 Å². The summed E-state index contributed by atoms with van der Waals surface area (Å²) >= 11 is 0. The maximum atomic E-state index is 13.4. The lowest BCUT2D eigenvalue weighted by molar-refractivity contribution is 0.0730. The van der Waals surface area contributed by atoms with Crippen LogP contribution in [0.4, 0.5) is 0 Å². The number of hydrogen-bond donors (Lipinski definition) is 0. The Bertz CT molecular complexity index is 1130. The number of rotatable bonds is 7. The van der Waals surface area contributed by atoms with Gasteiger partial charge in [-0.05, 0) is 66.4 Å². The predicted molar refractivity (Wildman–Crippen MR) is 122 cm³/mol. The van der Waals surface area contributed by atoms with Gasteiger partial charge in [0.05, 0.1) is 5.69 Å². The van der Waals surface area contributed by atoms with Crippen molar-refractivity contribution < 1.29 is 4.79 Å². The highest BCUT2D eigenvalue weighted by Crippen LogP contribution is 2.17. The molecule has 5 heteroatoms. The van der Waals surface area contributed by atoms with E-state index in [9.17, 15) is 4.79 Å². The maximum absolute atomic E-state index is 13.4. The van der Waals surface area contributed by atoms with E-state index in [-0.39, 0.29) is 5.91 Å². The minimum Gasteiger partial charge on any atom is -0.330 e. The molecule has 0 radical (unpaired) electrons. The third-order valence-corrected chi connectivity index (χ3v) is 5.38. The molecule has 4 rings (SSSR count). The monoisotopic (exact) mass is 410 g/mol. The van der Waals surface area contributed by atoms with Crippen LogP contribution in [-0.4, -0.2) is 25.6 Å². The molecule has 0 aliphatic rings. The average Bonchev–Trinajstić information content (AvgIpc) is 3.25. The van der Waals surface area contributed by atoms with Gasteiger partial charge in [-0.1, -0.05) is 37.3 Å². The fraction of sp³-hybridized carbons (Fsp3) is 0.192. The second kappa shape index (κ2) is 9.39. The summed E-state index contributed by atoms with van der Waals surface area (Å²) in [5, 5.41) is 4.34. The first-order valence-corrected chi connectivity index (χ1v) is 10.5. The van der Waals surface area contributed by atoms with Crippen LogP contribution < -0.4 is 0 Å². The van der Waals surface area contributed by atoms with Crippen LogP contribution in [0.2, 0.25) is 0 Å². The van der Waals surface area contributed by atoms with Crippen molar-refractivity contribution in [1.82, 2.24) is 19.7 Å². The zero-order chi connectivity index (χ0) is 21.6. The summed E-state index contributed by atoms with van der Waals surface area (Å²) in [6, 6.07) is 21.9. The van der Waals surface area contributed by atoms with E-state index < -0.39 is 0 Å². The predicted octanol–water partition coefficient (Wildman–Crippen LogP) is 4.98. The van der Waals surface area contributed by atoms with Gasteiger partial charge in [-0.2, -0.15) is 5.10 Å². The third kappa shape index (κ3) is 4.89. The number of benzene rings is 2. The van der Waals surface area contributed by atoms with Crippen LogP contribution in [0.5, 0.6) is 0 Å². The van der Waals surface area contributed by atoms with Gasteiger partial charge in [-0.15, -0.1) is 0 Å². The summed E-state index contributed by atoms with van der Waals surface area (Å²) in [7, 11) is 0. The Morgan fingerprint density at radius 1 is 0.871 bits per heavy atom. The smallest absolute Gasteiger partial charge is 0.254 e. The number of pyridine rings is 1. The standard InChI is InChI=1S/C26H26N4O/c1-3-21-6-8-22(9-7-21)18-29(19-23-5-4-15-27-17-23)26(31)24-10-12-25(13-11-24)30-20(2)14-16-28-30/h4-17H,3,18-19H2,1-2H3. The Labute approximate surface area is 183 Å². The van der Waals surface area contributed by atoms with Gasteiger partial charge in [0, 0.05) is 42.9 Å². The Morgan fingerprint density at radius 2 is 1.58 bits per heavy atom. The molecule has 0 aliphatic heterocycles. The van der Waals surface area contributed by atoms with Gasteiger partial charge in [-0.3, -0.25) is 9.78 Å². The summed E-state index contributed by atoms with van der Waals surface area (Å²) < 4.78 is 1.86. The normalized spacial score (nSPS) is 10.8. The number of aryl methyl sites for hydroxylation is 2. The SMILES string of the molecule is CCc1ccc(CN(Cc2cccnc2)C(=O)c2ccc(-n3nccc3C)cc2)cc1. The molecular weight excluding hydrogens is 384 g/mol. The molecule has 0 saturated heterocycles. The largest absolute Gasteiger partial charge is 0.330 e. The van der Waals surface area contributed by atoms with Crippen LogP contribution >= 0.6 is 0 Å². The van der Waals surface area contributed by atoms with Crippen molar-refractivity contribution in [2.24, 2.45) is 0 Å². The quantitative estimate of drug-likeness (QED) is 0.432. The summed E-state index contributed by atoms with van der Waals surface area (Å²) in [6.45, 7) is 5.19. The molecule has 0 N–H and O–H groups in total. The van der Waals surface area contributed by atoms with Crippen LogP contribution in [0, 0.1) is 6.92 Å². The summed E-state index contributed by atoms with van der Waals surface area (Å²) in [5.41, 5.74) is 6.05. The number of carbonyl (C=O) groups is 1. The Kier molecular flexibility index (Phi) is 6.22. The summed E-state index contributed by atoms with van der Waals surface area (Å²) in [4.78, 5) is 19.5. The van der Waals surface area contributed by atoms with Crippen LogP contribution in [0.25, 0.3) is 5.69 Å². The maximum Gasteiger partial charge on any atom is 0.254 e. The van der Waals surface area contributed by atoms with Gasteiger partial charge in [0.25, 0.3) is 5.91 Å². The van der Waals surface area contributed by atoms with E-state index in [1.807, 2.05) is 65.2 Å². The molecule has 4 aromatic rings. The van der Waals surface area contributed by atoms with Crippen molar-refractivity contribution in [1.29, 1.82) is 0 Å². The third-order valence-electron chi connectivity index (χ3n) is 5.38. The molecular formula is C26H26N4O. The Hall–Kier alpha value is -3.73. The van der Waals surface area contributed by atoms with Crippen molar-refractivity contribution >= 4 is 5.91 Å². The van der Waals surface area contributed by atoms with Gasteiger partial charge in [0.2, 0.25) is 0 Å². The van der Waals surface area contributed by atoms with Crippen LogP contribution in [-0.2, 0) is 19.5 Å². The molecule has 0 saturated carbocycles. The van der Waals surface area contributed by atoms with E-state index in [1.54, 1.807) is 12.4 Å². The molecule has 0 unspecified atom stereocenters. The van der Waals surface area contributed by atoms with Crippen molar-refractivity contribution in [3.8, 4) is 5.69 Å². The van der Waals surface area contributed by atoms with E-state index >= 15 is 0 Å². The lowest BCUT2D eigenvalue weighted by Gasteiger charge is -2.23. The second-order valence-electron chi connectivity index (χ2n) is 7.62. The van der Waals surface area contributed by atoms with Crippen molar-refractivity contribution in [2.45, 2.75) is 33.4 Å². The van der Waals surface area contributed by atoms with Gasteiger partial charge in [0.1, 0.15) is 0 Å². The molecule has 0 bridgehead atoms. The number of nitrogens with zero attached hydrogens (tertiary/aromatic N) is 4. The van der Waals surface area contributed by atoms with E-state index in [0.717, 1.165) is 28.9 Å². The van der Waals surface area contributed by atoms with Gasteiger partial charge < -0.3 is 4.90 Å². The lowest BCUT2D eigenvalue weighted by Crippen LogP contribution is -2.30. The lowest BCUT2D eigenvalue weighted by atomic mass is 10.1. The highest BCUT2D eigenvalue weighted by Gasteiger charge is 2.17. The molecule has 0 spiro atoms. The van der Waals surface area contributed by atoms with Crippen molar-refractivity contribution in [3.05, 3.63) is 113 Å². The molecule has 0 aliphatic carbocycles. The minimum absolute atomic E-state index is 0.00726. The first kappa shape index (κ1) is 20.5. The number of hydrogen-bond acceptors (Lipinski definition) is 3. The molecule has 1 amide bonds. The first-order chi connectivity index (χ1) is 15.1. The highest BCUT2D eigenvalue weighted by atomic mass is 16.2. The highest BCUT2D eigenvalue weighted by molar-refractivity contribution is 5.94. The zero-order valence-corrected chi connectivity index (χ0v) is 17.9. The molecule has 2 aromatic carbocycles. The Morgan fingerprint density at radius 3 is 2.19 bits per heavy atom. The van der Waals surface area contributed by atoms with Crippen LogP contribution in [0.3, 0.4) is 0 Å². The van der Waals surface area contributed by atoms with Crippen LogP contribution in [0.15, 0.2) is 85.3 Å². The summed E-state index contributed by atoms with van der Waals surface area (Å²) in [5.74, 6) is -0.00726. The minimum atomic E-state index is -0.00726. The molecule has 2 aromatic heterocycles. The average molecular weight is 411 g/mol. The first-order valence-electron chi connectivity index (χ1n) is 10.5. The van der Waals surface area contributed by atoms with Crippen molar-refractivity contribution in [3.63, 3.8) is 0 Å². The summed E-state index contributed by atoms with van der Waals surface area (Å²) in [6.07, 6.45) is 6.33. The van der Waals surface area contributed by atoms with E-state index in [1.165, 1.54) is 5.56 Å². The number of aromatic nitrogens is 3. The second-order valence-corrected chi connectivity index (χ2v) is 7.62. The molecule has 31 heavy (non-hydrogen) atoms. The molecule has 2 heterocycles. The number of carbonyl (C=O) groups excluding carboxylic acids is 1.